The molecule has 9 rings (SSSR count). The summed E-state index contributed by atoms with van der Waals surface area (Å²) >= 11 is -1.50. The van der Waals surface area contributed by atoms with Crippen LogP contribution in [0.3, 0.4) is 0 Å². The van der Waals surface area contributed by atoms with Crippen molar-refractivity contribution in [3.05, 3.63) is 265 Å². The average Bonchev–Trinajstić information content (AvgIpc) is 0.753. The minimum atomic E-state index is -5.66. The zero-order valence-electron chi connectivity index (χ0n) is 57.7. The van der Waals surface area contributed by atoms with Crippen LogP contribution >= 0.6 is 7.92 Å². The van der Waals surface area contributed by atoms with Crippen LogP contribution in [0.4, 0.5) is 176 Å². The molecule has 0 aliphatic heterocycles. The first-order valence-corrected chi connectivity index (χ1v) is 34.4. The van der Waals surface area contributed by atoms with Crippen LogP contribution < -0.4 is 5.30 Å². The molecule has 116 heavy (non-hydrogen) atoms. The summed E-state index contributed by atoms with van der Waals surface area (Å²) in [4.78, 5) is 0. The van der Waals surface area contributed by atoms with Gasteiger partial charge in [0.25, 0.3) is 0 Å². The van der Waals surface area contributed by atoms with Crippen LogP contribution in [0.15, 0.2) is 66.7 Å². The van der Waals surface area contributed by atoms with Gasteiger partial charge in [-0.15, -0.1) is 0 Å². The van der Waals surface area contributed by atoms with Gasteiger partial charge in [0.05, 0.1) is 22.3 Å². The number of halogens is 40. The van der Waals surface area contributed by atoms with Crippen LogP contribution in [0.2, 0.25) is 0 Å². The van der Waals surface area contributed by atoms with Crippen molar-refractivity contribution in [1.82, 2.24) is 0 Å². The number of hydrogen-bond acceptors (Lipinski definition) is 1. The second-order valence-electron chi connectivity index (χ2n) is 23.4. The quantitative estimate of drug-likeness (QED) is 0.0206. The van der Waals surface area contributed by atoms with E-state index in [0.717, 1.165) is 12.8 Å². The number of rotatable bonds is 20. The summed E-state index contributed by atoms with van der Waals surface area (Å²) in [5, 5.41) is -0.803. The summed E-state index contributed by atoms with van der Waals surface area (Å²) in [6, 6.07) is 4.37. The van der Waals surface area contributed by atoms with Crippen molar-refractivity contribution in [2.45, 2.75) is 102 Å². The molecule has 632 valence electrons. The molecule has 9 aromatic carbocycles. The van der Waals surface area contributed by atoms with E-state index in [1.54, 1.807) is 6.92 Å². The van der Waals surface area contributed by atoms with Gasteiger partial charge in [0.2, 0.25) is 23.3 Å². The third-order valence-corrected chi connectivity index (χ3v) is 18.7. The van der Waals surface area contributed by atoms with Crippen molar-refractivity contribution in [3.63, 3.8) is 0 Å². The normalized spacial score (nSPS) is 11.9. The predicted molar refractivity (Wildman–Crippen MR) is 334 cm³/mol. The van der Waals surface area contributed by atoms with E-state index in [-0.39, 0.29) is 25.2 Å². The molecule has 0 bridgehead atoms. The molecular weight excluding hydrogens is 1710 g/mol. The fraction of sp³-hybridized carbons (Fsp3) is 0.250. The van der Waals surface area contributed by atoms with Crippen molar-refractivity contribution in [3.8, 4) is 44.5 Å². The summed E-state index contributed by atoms with van der Waals surface area (Å²) in [5.74, 6) is -83.5. The standard InChI is InChI=1S/C24H35F8P.4C12H2F8.Al.H2O.O/c1-4-7-9-10-15-22(27,28)23(29,30)24(31,32)33(16-14-18(6-3)11-8-5-2)21-13-12-19(25)17-20(21)26;4*13-4-2-1-3(6(14)7(4)15)5-8(16)10(18)12(20)11(19)9(5)17;;;/h12-13,17-18H,4-11,14-16H2,1-3H3;4*1-2H;;1H2;/q;;;;;+1;;/p-1. The maximum absolute atomic E-state index is 15.2. The van der Waals surface area contributed by atoms with Gasteiger partial charge in [-0.2, -0.15) is 26.3 Å². The second kappa shape index (κ2) is 41.7. The summed E-state index contributed by atoms with van der Waals surface area (Å²) in [6.45, 7) is 5.58. The zero-order valence-corrected chi connectivity index (χ0v) is 59.8. The molecular formula is C72H44AlF40O2P. The monoisotopic (exact) mass is 1760 g/mol. The topological polar surface area (TPSA) is 37.3 Å². The van der Waals surface area contributed by atoms with Crippen LogP contribution in [0.1, 0.15) is 85.0 Å². The molecule has 0 amide bonds. The van der Waals surface area contributed by atoms with Crippen LogP contribution in [0.25, 0.3) is 44.5 Å². The Kier molecular flexibility index (Phi) is 35.6. The molecule has 0 aliphatic rings. The number of unbranched alkanes of at least 4 members (excludes halogenated alkanes) is 4. The van der Waals surface area contributed by atoms with Crippen LogP contribution in [0, 0.1) is 204 Å². The summed E-state index contributed by atoms with van der Waals surface area (Å²) in [6.07, 6.45) is 2.21. The van der Waals surface area contributed by atoms with Crippen LogP contribution in [0.5, 0.6) is 0 Å². The first-order chi connectivity index (χ1) is 53.8. The van der Waals surface area contributed by atoms with Gasteiger partial charge in [-0.25, -0.2) is 149 Å². The number of hydrogen-bond donors (Lipinski definition) is 1. The van der Waals surface area contributed by atoms with Gasteiger partial charge >= 0.3 is 41.0 Å². The van der Waals surface area contributed by atoms with E-state index < -0.39 is 301 Å². The molecule has 2 nitrogen and oxygen atoms in total. The molecule has 0 fully saturated rings. The Hall–Kier alpha value is -9.26. The molecule has 0 spiro atoms. The molecule has 0 heterocycles. The van der Waals surface area contributed by atoms with Crippen molar-refractivity contribution < 1.29 is 184 Å². The summed E-state index contributed by atoms with van der Waals surface area (Å²) in [5.41, 5.74) is -17.0. The molecule has 1 N–H and O–H groups in total. The summed E-state index contributed by atoms with van der Waals surface area (Å²) < 4.78 is 550. The zero-order chi connectivity index (χ0) is 88.7. The molecule has 2 unspecified atom stereocenters. The molecule has 0 aromatic heterocycles. The van der Waals surface area contributed by atoms with Gasteiger partial charge in [0.15, 0.2) is 163 Å². The van der Waals surface area contributed by atoms with Crippen molar-refractivity contribution >= 4 is 28.7 Å². The number of alkyl halides is 6. The van der Waals surface area contributed by atoms with E-state index in [2.05, 4.69) is 0 Å². The molecule has 0 radical (unpaired) electrons. The molecule has 44 heteroatoms. The predicted octanol–water partition coefficient (Wildman–Crippen LogP) is 26.3. The number of benzene rings is 9. The first kappa shape index (κ1) is 99.1. The first-order valence-electron chi connectivity index (χ1n) is 31.9. The minimum absolute atomic E-state index is 0.0718. The van der Waals surface area contributed by atoms with E-state index >= 15 is 8.78 Å². The molecule has 9 aromatic rings. The van der Waals surface area contributed by atoms with E-state index in [1.807, 2.05) is 13.8 Å². The van der Waals surface area contributed by atoms with Gasteiger partial charge in [0, 0.05) is 48.0 Å². The van der Waals surface area contributed by atoms with Gasteiger partial charge in [-0.1, -0.05) is 65.7 Å². The Morgan fingerprint density at radius 1 is 0.310 bits per heavy atom. The van der Waals surface area contributed by atoms with Gasteiger partial charge in [-0.3, -0.25) is 0 Å². The van der Waals surface area contributed by atoms with E-state index in [1.165, 1.54) is 0 Å². The Balaban J connectivity index is 0.000000307. The maximum atomic E-state index is 15.2. The summed E-state index contributed by atoms with van der Waals surface area (Å²) in [7, 11) is -3.36. The van der Waals surface area contributed by atoms with E-state index in [0.29, 0.717) is 92.4 Å². The van der Waals surface area contributed by atoms with E-state index in [9.17, 15) is 167 Å². The fourth-order valence-electron chi connectivity index (χ4n) is 10.0. The second-order valence-corrected chi connectivity index (χ2v) is 25.9. The molecule has 2 atom stereocenters. The Morgan fingerprint density at radius 2 is 0.569 bits per heavy atom. The van der Waals surface area contributed by atoms with Crippen molar-refractivity contribution in [1.29, 1.82) is 0 Å². The van der Waals surface area contributed by atoms with Crippen molar-refractivity contribution in [2.75, 3.05) is 6.16 Å². The molecule has 0 saturated heterocycles. The van der Waals surface area contributed by atoms with Gasteiger partial charge in [0.1, 0.15) is 11.6 Å². The third-order valence-electron chi connectivity index (χ3n) is 16.1. The van der Waals surface area contributed by atoms with Gasteiger partial charge < -0.3 is 0 Å². The Labute approximate surface area is 634 Å². The SMILES string of the molecule is CCCCCCC(F)(F)C(F)(F)C(F)(F)P(CCC(CC)CCCC)c1ccc(F)cc1F.Fc1ccc(-c2c(F)c(F)c(F)c(F)c2F)c(F)c1F.Fc1ccc(-c2c(F)c(F)c(F)c(F)c2F)c(F)c1F.Fc1ccc(-c2c(F)c(F)c(F)c(F)c2F)c(F)c1F.Fc1ccc(-c2c(F)c(F)c(F)c(F)c2F)c(F)c1F.[O]=[Al][OH]. The van der Waals surface area contributed by atoms with E-state index in [4.69, 9.17) is 7.96 Å². The molecule has 0 saturated carbocycles. The van der Waals surface area contributed by atoms with Gasteiger partial charge in [-0.05, 0) is 85.6 Å². The fourth-order valence-corrected chi connectivity index (χ4v) is 12.6. The Bertz CT molecular complexity index is 4430. The third kappa shape index (κ3) is 21.4. The van der Waals surface area contributed by atoms with Crippen LogP contribution in [-0.4, -0.2) is 43.3 Å². The van der Waals surface area contributed by atoms with Crippen molar-refractivity contribution in [2.24, 2.45) is 5.92 Å². The average molecular weight is 1760 g/mol. The Morgan fingerprint density at radius 3 is 0.810 bits per heavy atom. The molecule has 0 aliphatic carbocycles. The van der Waals surface area contributed by atoms with Crippen LogP contribution in [-0.2, 0) is 3.80 Å².